The van der Waals surface area contributed by atoms with Crippen LogP contribution in [0, 0.1) is 0 Å². The van der Waals surface area contributed by atoms with Crippen LogP contribution in [-0.2, 0) is 11.3 Å². The minimum atomic E-state index is 0.334. The van der Waals surface area contributed by atoms with Crippen LogP contribution in [0.1, 0.15) is 15.4 Å². The number of ether oxygens (including phenoxy) is 2. The van der Waals surface area contributed by atoms with Gasteiger partial charge in [-0.05, 0) is 24.3 Å². The summed E-state index contributed by atoms with van der Waals surface area (Å²) in [5, 5.41) is 0.754. The Morgan fingerprint density at radius 3 is 2.55 bits per heavy atom. The highest BCUT2D eigenvalue weighted by Gasteiger charge is 2.14. The summed E-state index contributed by atoms with van der Waals surface area (Å²) in [7, 11) is 5.12. The third kappa shape index (κ3) is 2.97. The van der Waals surface area contributed by atoms with E-state index in [9.17, 15) is 4.79 Å². The van der Waals surface area contributed by atoms with Crippen LogP contribution in [0.25, 0.3) is 0 Å². The Labute approximate surface area is 121 Å². The Balaban J connectivity index is 2.27. The first-order chi connectivity index (χ1) is 9.69. The fourth-order valence-corrected chi connectivity index (χ4v) is 2.61. The summed E-state index contributed by atoms with van der Waals surface area (Å²) < 4.78 is 10.2. The van der Waals surface area contributed by atoms with Gasteiger partial charge < -0.3 is 14.4 Å². The molecule has 0 radical (unpaired) electrons. The van der Waals surface area contributed by atoms with Crippen molar-refractivity contribution in [1.82, 2.24) is 4.98 Å². The van der Waals surface area contributed by atoms with E-state index < -0.39 is 0 Å². The summed E-state index contributed by atoms with van der Waals surface area (Å²) in [5.41, 5.74) is 1.64. The fraction of sp³-hybridized carbons (Fsp3) is 0.286. The smallest absolute Gasteiger partial charge is 0.190 e. The molecule has 0 fully saturated rings. The van der Waals surface area contributed by atoms with Crippen LogP contribution >= 0.6 is 11.3 Å². The second-order valence-electron chi connectivity index (χ2n) is 4.12. The molecule has 0 saturated heterocycles. The molecule has 5 nitrogen and oxygen atoms in total. The minimum Gasteiger partial charge on any atom is -0.497 e. The van der Waals surface area contributed by atoms with Gasteiger partial charge in [0.1, 0.15) is 5.75 Å². The van der Waals surface area contributed by atoms with E-state index in [-0.39, 0.29) is 0 Å². The van der Waals surface area contributed by atoms with Crippen LogP contribution in [0.2, 0.25) is 0 Å². The van der Waals surface area contributed by atoms with E-state index in [4.69, 9.17) is 9.47 Å². The zero-order chi connectivity index (χ0) is 14.5. The summed E-state index contributed by atoms with van der Waals surface area (Å²) >= 11 is 1.35. The zero-order valence-electron chi connectivity index (χ0n) is 11.6. The number of aromatic nitrogens is 1. The number of rotatable bonds is 6. The standard InChI is InChI=1S/C14H16N2O3S/c1-16(10-4-6-11(19-3)7-5-10)14-15-12(9-18-2)13(8-17)20-14/h4-8H,9H2,1-3H3. The van der Waals surface area contributed by atoms with E-state index in [2.05, 4.69) is 4.98 Å². The Kier molecular flexibility index (Phi) is 4.70. The number of hydrogen-bond acceptors (Lipinski definition) is 6. The maximum absolute atomic E-state index is 11.0. The van der Waals surface area contributed by atoms with E-state index in [1.54, 1.807) is 14.2 Å². The third-order valence-corrected chi connectivity index (χ3v) is 3.95. The molecule has 0 aliphatic rings. The van der Waals surface area contributed by atoms with Crippen molar-refractivity contribution in [2.24, 2.45) is 0 Å². The summed E-state index contributed by atoms with van der Waals surface area (Å²) in [6.07, 6.45) is 0.817. The molecule has 1 heterocycles. The number of hydrogen-bond donors (Lipinski definition) is 0. The number of carbonyl (C=O) groups excluding carboxylic acids is 1. The first-order valence-corrected chi connectivity index (χ1v) is 6.82. The first-order valence-electron chi connectivity index (χ1n) is 6.01. The summed E-state index contributed by atoms with van der Waals surface area (Å²) in [4.78, 5) is 18.0. The summed E-state index contributed by atoms with van der Waals surface area (Å²) in [5.74, 6) is 0.801. The Bertz CT molecular complexity index is 581. The second kappa shape index (κ2) is 6.49. The molecule has 0 atom stereocenters. The lowest BCUT2D eigenvalue weighted by molar-refractivity contribution is 0.112. The van der Waals surface area contributed by atoms with Crippen molar-refractivity contribution in [1.29, 1.82) is 0 Å². The SMILES string of the molecule is COCc1nc(N(C)c2ccc(OC)cc2)sc1C=O. The Hall–Kier alpha value is -1.92. The molecule has 0 unspecified atom stereocenters. The van der Waals surface area contributed by atoms with Crippen molar-refractivity contribution < 1.29 is 14.3 Å². The van der Waals surface area contributed by atoms with Crippen LogP contribution in [0.3, 0.4) is 0 Å². The lowest BCUT2D eigenvalue weighted by Crippen LogP contribution is -2.09. The van der Waals surface area contributed by atoms with Crippen LogP contribution in [0.4, 0.5) is 10.8 Å². The van der Waals surface area contributed by atoms with Crippen molar-refractivity contribution in [3.05, 3.63) is 34.8 Å². The van der Waals surface area contributed by atoms with Crippen molar-refractivity contribution in [3.63, 3.8) is 0 Å². The molecule has 20 heavy (non-hydrogen) atoms. The van der Waals surface area contributed by atoms with Gasteiger partial charge in [-0.2, -0.15) is 0 Å². The van der Waals surface area contributed by atoms with Crippen LogP contribution in [0.5, 0.6) is 5.75 Å². The number of benzene rings is 1. The predicted octanol–water partition coefficient (Wildman–Crippen LogP) is 2.88. The number of aldehydes is 1. The number of carbonyl (C=O) groups is 1. The lowest BCUT2D eigenvalue weighted by Gasteiger charge is -2.16. The van der Waals surface area contributed by atoms with E-state index in [1.807, 2.05) is 36.2 Å². The van der Waals surface area contributed by atoms with Crippen molar-refractivity contribution in [3.8, 4) is 5.75 Å². The molecular weight excluding hydrogens is 276 g/mol. The molecule has 0 saturated carbocycles. The predicted molar refractivity (Wildman–Crippen MR) is 79.3 cm³/mol. The number of methoxy groups -OCH3 is 2. The topological polar surface area (TPSA) is 51.7 Å². The molecule has 106 valence electrons. The van der Waals surface area contributed by atoms with Crippen molar-refractivity contribution in [2.45, 2.75) is 6.61 Å². The molecule has 0 amide bonds. The van der Waals surface area contributed by atoms with Gasteiger partial charge >= 0.3 is 0 Å². The van der Waals surface area contributed by atoms with E-state index in [0.29, 0.717) is 17.2 Å². The molecule has 0 aliphatic carbocycles. The average molecular weight is 292 g/mol. The van der Waals surface area contributed by atoms with Gasteiger partial charge in [-0.3, -0.25) is 4.79 Å². The number of anilines is 2. The van der Waals surface area contributed by atoms with Gasteiger partial charge in [0, 0.05) is 19.8 Å². The molecule has 2 aromatic rings. The molecule has 0 bridgehead atoms. The van der Waals surface area contributed by atoms with Crippen molar-refractivity contribution >= 4 is 28.4 Å². The molecule has 0 spiro atoms. The van der Waals surface area contributed by atoms with Gasteiger partial charge in [-0.25, -0.2) is 4.98 Å². The highest BCUT2D eigenvalue weighted by molar-refractivity contribution is 7.17. The van der Waals surface area contributed by atoms with Gasteiger partial charge in [0.05, 0.1) is 24.3 Å². The quantitative estimate of drug-likeness (QED) is 0.766. The highest BCUT2D eigenvalue weighted by Crippen LogP contribution is 2.30. The third-order valence-electron chi connectivity index (χ3n) is 2.85. The van der Waals surface area contributed by atoms with E-state index in [0.717, 1.165) is 22.9 Å². The maximum atomic E-state index is 11.0. The average Bonchev–Trinajstić information content (AvgIpc) is 2.90. The molecule has 1 aromatic carbocycles. The van der Waals surface area contributed by atoms with Crippen LogP contribution < -0.4 is 9.64 Å². The fourth-order valence-electron chi connectivity index (χ4n) is 1.74. The number of thiazole rings is 1. The van der Waals surface area contributed by atoms with E-state index >= 15 is 0 Å². The molecule has 2 rings (SSSR count). The number of nitrogens with zero attached hydrogens (tertiary/aromatic N) is 2. The molecular formula is C14H16N2O3S. The Morgan fingerprint density at radius 2 is 2.00 bits per heavy atom. The minimum absolute atomic E-state index is 0.334. The summed E-state index contributed by atoms with van der Waals surface area (Å²) in [6.45, 7) is 0.334. The normalized spacial score (nSPS) is 10.3. The summed E-state index contributed by atoms with van der Waals surface area (Å²) in [6, 6.07) is 7.65. The van der Waals surface area contributed by atoms with E-state index in [1.165, 1.54) is 11.3 Å². The first kappa shape index (κ1) is 14.5. The molecule has 0 aliphatic heterocycles. The highest BCUT2D eigenvalue weighted by atomic mass is 32.1. The van der Waals surface area contributed by atoms with Crippen LogP contribution in [0.15, 0.2) is 24.3 Å². The monoisotopic (exact) mass is 292 g/mol. The second-order valence-corrected chi connectivity index (χ2v) is 5.12. The van der Waals surface area contributed by atoms with Gasteiger partial charge in [-0.1, -0.05) is 11.3 Å². The molecule has 1 aromatic heterocycles. The largest absolute Gasteiger partial charge is 0.497 e. The van der Waals surface area contributed by atoms with Crippen molar-refractivity contribution in [2.75, 3.05) is 26.2 Å². The molecule has 6 heteroatoms. The van der Waals surface area contributed by atoms with Gasteiger partial charge in [0.25, 0.3) is 0 Å². The maximum Gasteiger partial charge on any atom is 0.190 e. The molecule has 0 N–H and O–H groups in total. The lowest BCUT2D eigenvalue weighted by atomic mass is 10.3. The Morgan fingerprint density at radius 1 is 1.30 bits per heavy atom. The van der Waals surface area contributed by atoms with Crippen LogP contribution in [-0.4, -0.2) is 32.5 Å². The van der Waals surface area contributed by atoms with Gasteiger partial charge in [-0.15, -0.1) is 0 Å². The van der Waals surface area contributed by atoms with Gasteiger partial charge in [0.2, 0.25) is 0 Å². The van der Waals surface area contributed by atoms with Gasteiger partial charge in [0.15, 0.2) is 11.4 Å². The zero-order valence-corrected chi connectivity index (χ0v) is 12.4.